The highest BCUT2D eigenvalue weighted by Gasteiger charge is 2.27. The summed E-state index contributed by atoms with van der Waals surface area (Å²) >= 11 is 0. The van der Waals surface area contributed by atoms with Crippen molar-refractivity contribution in [3.05, 3.63) is 0 Å². The molecule has 0 N–H and O–H groups in total. The highest BCUT2D eigenvalue weighted by Crippen LogP contribution is 2.20. The van der Waals surface area contributed by atoms with Gasteiger partial charge in [-0.05, 0) is 53.5 Å². The second kappa shape index (κ2) is 5.90. The van der Waals surface area contributed by atoms with E-state index < -0.39 is 0 Å². The maximum atomic E-state index is 2.68. The third-order valence-electron chi connectivity index (χ3n) is 3.54. The Morgan fingerprint density at radius 3 is 2.33 bits per heavy atom. The molecule has 1 aliphatic heterocycles. The van der Waals surface area contributed by atoms with Crippen LogP contribution in [0.5, 0.6) is 0 Å². The molecule has 0 radical (unpaired) electrons. The molecule has 1 heterocycles. The largest absolute Gasteiger partial charge is 0.310 e. The van der Waals surface area contributed by atoms with Gasteiger partial charge in [0, 0.05) is 24.7 Å². The van der Waals surface area contributed by atoms with Crippen molar-refractivity contribution < 1.29 is 0 Å². The van der Waals surface area contributed by atoms with Crippen molar-refractivity contribution >= 4 is 7.85 Å². The Bertz CT molecular complexity index is 174. The molecule has 2 nitrogen and oxygen atoms in total. The van der Waals surface area contributed by atoms with Gasteiger partial charge in [0.1, 0.15) is 7.85 Å². The van der Waals surface area contributed by atoms with Gasteiger partial charge in [0.05, 0.1) is 0 Å². The van der Waals surface area contributed by atoms with Crippen molar-refractivity contribution in [2.45, 2.75) is 58.7 Å². The van der Waals surface area contributed by atoms with Crippen LogP contribution in [0.3, 0.4) is 0 Å². The summed E-state index contributed by atoms with van der Waals surface area (Å²) in [6.45, 7) is 11.9. The topological polar surface area (TPSA) is 6.48 Å². The summed E-state index contributed by atoms with van der Waals surface area (Å²) in [4.78, 5) is 5.27. The molecular weight excluding hydrogens is 183 g/mol. The molecule has 1 aliphatic rings. The van der Waals surface area contributed by atoms with Crippen molar-refractivity contribution in [2.75, 3.05) is 19.5 Å². The number of hydrogen-bond acceptors (Lipinski definition) is 2. The molecule has 3 heteroatoms. The summed E-state index contributed by atoms with van der Waals surface area (Å²) in [6.07, 6.45) is 3.96. The number of nitrogens with zero attached hydrogens (tertiary/aromatic N) is 2. The monoisotopic (exact) mass is 210 g/mol. The van der Waals surface area contributed by atoms with E-state index >= 15 is 0 Å². The van der Waals surface area contributed by atoms with Gasteiger partial charge in [0.2, 0.25) is 0 Å². The van der Waals surface area contributed by atoms with Gasteiger partial charge in [0.15, 0.2) is 0 Å². The fraction of sp³-hybridized carbons (Fsp3) is 1.00. The molecule has 0 saturated carbocycles. The zero-order valence-corrected chi connectivity index (χ0v) is 11.2. The predicted octanol–water partition coefficient (Wildman–Crippen LogP) is 1.16. The molecule has 0 aromatic rings. The van der Waals surface area contributed by atoms with Gasteiger partial charge in [-0.25, -0.2) is 0 Å². The summed E-state index contributed by atoms with van der Waals surface area (Å²) in [5.41, 5.74) is 0. The molecule has 1 fully saturated rings. The third kappa shape index (κ3) is 3.49. The van der Waals surface area contributed by atoms with Gasteiger partial charge in [0.25, 0.3) is 0 Å². The lowest BCUT2D eigenvalue weighted by molar-refractivity contribution is 0.0575. The fourth-order valence-corrected chi connectivity index (χ4v) is 3.00. The van der Waals surface area contributed by atoms with Gasteiger partial charge in [-0.3, -0.25) is 4.90 Å². The molecule has 0 aromatic carbocycles. The van der Waals surface area contributed by atoms with Crippen LogP contribution in [0.2, 0.25) is 0 Å². The van der Waals surface area contributed by atoms with Gasteiger partial charge >= 0.3 is 0 Å². The molecule has 0 aliphatic carbocycles. The number of likely N-dealkylation sites (tertiary alicyclic amines) is 1. The number of hydrogen-bond donors (Lipinski definition) is 0. The Labute approximate surface area is 96.4 Å². The van der Waals surface area contributed by atoms with Crippen LogP contribution in [-0.4, -0.2) is 55.3 Å². The lowest BCUT2D eigenvalue weighted by Crippen LogP contribution is -2.53. The van der Waals surface area contributed by atoms with Crippen molar-refractivity contribution in [3.63, 3.8) is 0 Å². The lowest BCUT2D eigenvalue weighted by atomic mass is 9.98. The highest BCUT2D eigenvalue weighted by molar-refractivity contribution is 6.08. The zero-order valence-electron chi connectivity index (χ0n) is 11.2. The Balaban J connectivity index is 2.59. The van der Waals surface area contributed by atoms with Crippen molar-refractivity contribution in [3.8, 4) is 0 Å². The Kier molecular flexibility index (Phi) is 5.14. The average molecular weight is 210 g/mol. The summed E-state index contributed by atoms with van der Waals surface area (Å²) < 4.78 is 0. The molecule has 1 saturated heterocycles. The van der Waals surface area contributed by atoms with E-state index in [-0.39, 0.29) is 0 Å². The number of piperidine rings is 1. The van der Waals surface area contributed by atoms with E-state index in [0.717, 1.165) is 6.04 Å². The van der Waals surface area contributed by atoms with Gasteiger partial charge in [-0.2, -0.15) is 0 Å². The summed E-state index contributed by atoms with van der Waals surface area (Å²) in [6, 6.07) is 2.12. The van der Waals surface area contributed by atoms with Crippen LogP contribution in [-0.2, 0) is 0 Å². The minimum Gasteiger partial charge on any atom is -0.310 e. The Hall–Kier alpha value is -0.0151. The van der Waals surface area contributed by atoms with Crippen LogP contribution in [0.4, 0.5) is 0 Å². The molecule has 1 atom stereocenters. The van der Waals surface area contributed by atoms with Crippen molar-refractivity contribution in [1.29, 1.82) is 0 Å². The first kappa shape index (κ1) is 13.1. The average Bonchev–Trinajstić information content (AvgIpc) is 2.17. The van der Waals surface area contributed by atoms with Crippen molar-refractivity contribution in [1.82, 2.24) is 9.80 Å². The van der Waals surface area contributed by atoms with Gasteiger partial charge in [-0.1, -0.05) is 0 Å². The minimum atomic E-state index is 0.673. The maximum Gasteiger partial charge on any atom is 0.119 e. The molecular formula is C12H27BN2. The number of rotatable bonds is 4. The standard InChI is InChI=1S/C12H27BN2/c1-10(2)15(11(3)4)12-6-5-7-14(8-12)9-13/h10-12H,5-9,13H2,1-4H3. The van der Waals surface area contributed by atoms with E-state index in [0.29, 0.717) is 12.1 Å². The lowest BCUT2D eigenvalue weighted by Gasteiger charge is -2.43. The first-order valence-electron chi connectivity index (χ1n) is 6.56. The van der Waals surface area contributed by atoms with Crippen LogP contribution in [0.15, 0.2) is 0 Å². The van der Waals surface area contributed by atoms with Crippen LogP contribution >= 0.6 is 0 Å². The highest BCUT2D eigenvalue weighted by atomic mass is 15.3. The van der Waals surface area contributed by atoms with E-state index in [4.69, 9.17) is 0 Å². The van der Waals surface area contributed by atoms with Gasteiger partial charge in [-0.15, -0.1) is 0 Å². The van der Waals surface area contributed by atoms with E-state index in [1.807, 2.05) is 0 Å². The molecule has 1 rings (SSSR count). The first-order valence-corrected chi connectivity index (χ1v) is 6.56. The molecule has 1 unspecified atom stereocenters. The first-order chi connectivity index (χ1) is 7.06. The van der Waals surface area contributed by atoms with Crippen LogP contribution < -0.4 is 0 Å². The van der Waals surface area contributed by atoms with E-state index in [9.17, 15) is 0 Å². The van der Waals surface area contributed by atoms with E-state index in [1.165, 1.54) is 32.4 Å². The Morgan fingerprint density at radius 2 is 1.87 bits per heavy atom. The Morgan fingerprint density at radius 1 is 1.27 bits per heavy atom. The van der Waals surface area contributed by atoms with E-state index in [2.05, 4.69) is 45.3 Å². The van der Waals surface area contributed by atoms with Crippen molar-refractivity contribution in [2.24, 2.45) is 0 Å². The van der Waals surface area contributed by atoms with Crippen LogP contribution in [0.25, 0.3) is 0 Å². The fourth-order valence-electron chi connectivity index (χ4n) is 3.00. The predicted molar refractivity (Wildman–Crippen MR) is 70.1 cm³/mol. The SMILES string of the molecule is BCN1CCCC(N(C(C)C)C(C)C)C1. The van der Waals surface area contributed by atoms with Crippen LogP contribution in [0.1, 0.15) is 40.5 Å². The summed E-state index contributed by atoms with van der Waals surface area (Å²) in [7, 11) is 2.28. The van der Waals surface area contributed by atoms with Gasteiger partial charge < -0.3 is 4.90 Å². The molecule has 0 spiro atoms. The van der Waals surface area contributed by atoms with E-state index in [1.54, 1.807) is 0 Å². The second-order valence-corrected chi connectivity index (χ2v) is 5.32. The zero-order chi connectivity index (χ0) is 11.4. The molecule has 0 amide bonds. The quantitative estimate of drug-likeness (QED) is 0.642. The molecule has 15 heavy (non-hydrogen) atoms. The second-order valence-electron chi connectivity index (χ2n) is 5.32. The summed E-state index contributed by atoms with van der Waals surface area (Å²) in [5.74, 6) is 0. The normalized spacial score (nSPS) is 24.3. The smallest absolute Gasteiger partial charge is 0.119 e. The molecule has 0 bridgehead atoms. The molecule has 0 aromatic heterocycles. The maximum absolute atomic E-state index is 2.68. The summed E-state index contributed by atoms with van der Waals surface area (Å²) in [5, 5.41) is 0. The minimum absolute atomic E-state index is 0.673. The molecule has 88 valence electrons. The third-order valence-corrected chi connectivity index (χ3v) is 3.54. The van der Waals surface area contributed by atoms with Crippen LogP contribution in [0, 0.1) is 0 Å².